The van der Waals surface area contributed by atoms with Crippen molar-refractivity contribution in [1.29, 1.82) is 5.26 Å². The number of rotatable bonds is 6. The van der Waals surface area contributed by atoms with Gasteiger partial charge in [0.15, 0.2) is 0 Å². The smallest absolute Gasteiger partial charge is 0.238 e. The third-order valence-corrected chi connectivity index (χ3v) is 4.50. The molecule has 2 aromatic rings. The monoisotopic (exact) mass is 398 g/mol. The second kappa shape index (κ2) is 9.75. The quantitative estimate of drug-likeness (QED) is 0.756. The first kappa shape index (κ1) is 20.4. The van der Waals surface area contributed by atoms with Crippen LogP contribution < -0.4 is 5.32 Å². The minimum Gasteiger partial charge on any atom is -0.391 e. The molecule has 1 heterocycles. The summed E-state index contributed by atoms with van der Waals surface area (Å²) in [5, 5.41) is 15.7. The fourth-order valence-electron chi connectivity index (χ4n) is 2.94. The highest BCUT2D eigenvalue weighted by molar-refractivity contribution is 5.92. The number of nitrogens with zero attached hydrogens (tertiary/aromatic N) is 3. The topological polar surface area (TPSA) is 77.7 Å². The molecule has 0 bridgehead atoms. The SMILES string of the molecule is N#Cc1cc(CON=C2CCN(CC(=O)Nc3ccc(F)cc3)CC2)ccc1F. The highest BCUT2D eigenvalue weighted by Crippen LogP contribution is 2.13. The van der Waals surface area contributed by atoms with Gasteiger partial charge in [-0.05, 0) is 42.0 Å². The van der Waals surface area contributed by atoms with E-state index < -0.39 is 5.82 Å². The van der Waals surface area contributed by atoms with Gasteiger partial charge in [0, 0.05) is 31.6 Å². The molecular weight excluding hydrogens is 378 g/mol. The van der Waals surface area contributed by atoms with Crippen LogP contribution in [-0.4, -0.2) is 36.2 Å². The van der Waals surface area contributed by atoms with Crippen LogP contribution in [0.5, 0.6) is 0 Å². The zero-order valence-corrected chi connectivity index (χ0v) is 15.7. The number of carbonyl (C=O) groups excluding carboxylic acids is 1. The summed E-state index contributed by atoms with van der Waals surface area (Å²) in [5.74, 6) is -1.06. The van der Waals surface area contributed by atoms with E-state index >= 15 is 0 Å². The molecular formula is C21H20F2N4O2. The summed E-state index contributed by atoms with van der Waals surface area (Å²) in [6.45, 7) is 1.75. The maximum atomic E-state index is 13.3. The maximum absolute atomic E-state index is 13.3. The lowest BCUT2D eigenvalue weighted by Gasteiger charge is -2.26. The van der Waals surface area contributed by atoms with E-state index in [-0.39, 0.29) is 30.4 Å². The Bertz CT molecular complexity index is 929. The number of piperidine rings is 1. The van der Waals surface area contributed by atoms with Crippen LogP contribution in [0, 0.1) is 23.0 Å². The van der Waals surface area contributed by atoms with Gasteiger partial charge in [0.05, 0.1) is 17.8 Å². The summed E-state index contributed by atoms with van der Waals surface area (Å²) in [5.41, 5.74) is 2.10. The van der Waals surface area contributed by atoms with Crippen molar-refractivity contribution < 1.29 is 18.4 Å². The molecule has 0 spiro atoms. The third-order valence-electron chi connectivity index (χ3n) is 4.50. The van der Waals surface area contributed by atoms with E-state index in [2.05, 4.69) is 10.5 Å². The summed E-state index contributed by atoms with van der Waals surface area (Å²) in [4.78, 5) is 19.4. The number of oxime groups is 1. The molecule has 0 aromatic heterocycles. The molecule has 29 heavy (non-hydrogen) atoms. The van der Waals surface area contributed by atoms with Gasteiger partial charge in [0.2, 0.25) is 5.91 Å². The van der Waals surface area contributed by atoms with Crippen molar-refractivity contribution >= 4 is 17.3 Å². The number of nitrogens with one attached hydrogen (secondary N) is 1. The van der Waals surface area contributed by atoms with Crippen LogP contribution in [0.25, 0.3) is 0 Å². The predicted octanol–water partition coefficient (Wildman–Crippen LogP) is 3.44. The number of nitriles is 1. The molecule has 1 amide bonds. The van der Waals surface area contributed by atoms with Crippen molar-refractivity contribution in [2.75, 3.05) is 25.0 Å². The van der Waals surface area contributed by atoms with Crippen LogP contribution >= 0.6 is 0 Å². The molecule has 1 aliphatic rings. The minimum absolute atomic E-state index is 0.0222. The fraction of sp³-hybridized carbons (Fsp3) is 0.286. The number of benzene rings is 2. The molecule has 6 nitrogen and oxygen atoms in total. The van der Waals surface area contributed by atoms with E-state index in [0.29, 0.717) is 37.2 Å². The van der Waals surface area contributed by atoms with Gasteiger partial charge in [0.1, 0.15) is 24.3 Å². The highest BCUT2D eigenvalue weighted by Gasteiger charge is 2.18. The lowest BCUT2D eigenvalue weighted by atomic mass is 10.1. The van der Waals surface area contributed by atoms with E-state index in [0.717, 1.165) is 5.71 Å². The van der Waals surface area contributed by atoms with Crippen molar-refractivity contribution in [1.82, 2.24) is 4.90 Å². The second-order valence-corrected chi connectivity index (χ2v) is 6.69. The Hall–Kier alpha value is -3.31. The lowest BCUT2D eigenvalue weighted by Crippen LogP contribution is -2.39. The Labute approximate surface area is 167 Å². The first-order valence-corrected chi connectivity index (χ1v) is 9.17. The molecule has 1 fully saturated rings. The van der Waals surface area contributed by atoms with Crippen molar-refractivity contribution in [2.45, 2.75) is 19.4 Å². The van der Waals surface area contributed by atoms with Gasteiger partial charge < -0.3 is 10.2 Å². The summed E-state index contributed by atoms with van der Waals surface area (Å²) in [6, 6.07) is 11.7. The Balaban J connectivity index is 1.41. The van der Waals surface area contributed by atoms with Gasteiger partial charge in [-0.15, -0.1) is 0 Å². The molecule has 0 radical (unpaired) electrons. The Morgan fingerprint density at radius 1 is 1.17 bits per heavy atom. The average molecular weight is 398 g/mol. The van der Waals surface area contributed by atoms with Crippen molar-refractivity contribution in [3.8, 4) is 6.07 Å². The molecule has 0 aliphatic carbocycles. The molecule has 1 aliphatic heterocycles. The van der Waals surface area contributed by atoms with E-state index in [1.807, 2.05) is 4.90 Å². The van der Waals surface area contributed by atoms with Gasteiger partial charge >= 0.3 is 0 Å². The Kier molecular flexibility index (Phi) is 6.87. The zero-order chi connectivity index (χ0) is 20.6. The predicted molar refractivity (Wildman–Crippen MR) is 104 cm³/mol. The number of amides is 1. The van der Waals surface area contributed by atoms with Crippen LogP contribution in [-0.2, 0) is 16.2 Å². The number of anilines is 1. The summed E-state index contributed by atoms with van der Waals surface area (Å²) in [6.07, 6.45) is 1.35. The Morgan fingerprint density at radius 3 is 2.59 bits per heavy atom. The number of carbonyl (C=O) groups is 1. The lowest BCUT2D eigenvalue weighted by molar-refractivity contribution is -0.117. The van der Waals surface area contributed by atoms with E-state index in [9.17, 15) is 13.6 Å². The number of hydrogen-bond donors (Lipinski definition) is 1. The van der Waals surface area contributed by atoms with Gasteiger partial charge in [0.25, 0.3) is 0 Å². The van der Waals surface area contributed by atoms with Crippen LogP contribution in [0.3, 0.4) is 0 Å². The standard InChI is InChI=1S/C21H20F2N4O2/c22-17-2-4-18(5-3-17)25-21(28)13-27-9-7-19(8-10-27)26-29-14-15-1-6-20(23)16(11-15)12-24/h1-6,11H,7-10,13-14H2,(H,25,28). The van der Waals surface area contributed by atoms with Crippen molar-refractivity contribution in [3.05, 3.63) is 65.2 Å². The molecule has 1 N–H and O–H groups in total. The number of hydrogen-bond acceptors (Lipinski definition) is 5. The van der Waals surface area contributed by atoms with Crippen LogP contribution in [0.2, 0.25) is 0 Å². The zero-order valence-electron chi connectivity index (χ0n) is 15.7. The van der Waals surface area contributed by atoms with Crippen LogP contribution in [0.4, 0.5) is 14.5 Å². The number of likely N-dealkylation sites (tertiary alicyclic amines) is 1. The Morgan fingerprint density at radius 2 is 1.90 bits per heavy atom. The van der Waals surface area contributed by atoms with Gasteiger partial charge in [-0.1, -0.05) is 11.2 Å². The van der Waals surface area contributed by atoms with E-state index in [1.165, 1.54) is 36.4 Å². The molecule has 0 unspecified atom stereocenters. The molecule has 150 valence electrons. The molecule has 0 saturated carbocycles. The normalized spacial score (nSPS) is 14.2. The fourth-order valence-corrected chi connectivity index (χ4v) is 2.94. The summed E-state index contributed by atoms with van der Waals surface area (Å²) < 4.78 is 26.2. The van der Waals surface area contributed by atoms with Gasteiger partial charge in [-0.3, -0.25) is 9.69 Å². The molecule has 2 aromatic carbocycles. The third kappa shape index (κ3) is 6.09. The first-order chi connectivity index (χ1) is 14.0. The summed E-state index contributed by atoms with van der Waals surface area (Å²) in [7, 11) is 0. The van der Waals surface area contributed by atoms with E-state index in [4.69, 9.17) is 10.1 Å². The van der Waals surface area contributed by atoms with Crippen molar-refractivity contribution in [2.24, 2.45) is 5.16 Å². The van der Waals surface area contributed by atoms with Crippen LogP contribution in [0.1, 0.15) is 24.0 Å². The molecule has 0 atom stereocenters. The molecule has 3 rings (SSSR count). The number of halogens is 2. The average Bonchev–Trinajstić information content (AvgIpc) is 2.72. The van der Waals surface area contributed by atoms with Gasteiger partial charge in [-0.25, -0.2) is 8.78 Å². The van der Waals surface area contributed by atoms with E-state index in [1.54, 1.807) is 12.1 Å². The largest absolute Gasteiger partial charge is 0.391 e. The van der Waals surface area contributed by atoms with Crippen molar-refractivity contribution in [3.63, 3.8) is 0 Å². The second-order valence-electron chi connectivity index (χ2n) is 6.69. The molecule has 1 saturated heterocycles. The van der Waals surface area contributed by atoms with Gasteiger partial charge in [-0.2, -0.15) is 5.26 Å². The summed E-state index contributed by atoms with van der Waals surface area (Å²) >= 11 is 0. The first-order valence-electron chi connectivity index (χ1n) is 9.17. The van der Waals surface area contributed by atoms with Crippen LogP contribution in [0.15, 0.2) is 47.6 Å². The minimum atomic E-state index is -0.557. The highest BCUT2D eigenvalue weighted by atomic mass is 19.1. The maximum Gasteiger partial charge on any atom is 0.238 e. The molecule has 8 heteroatoms.